The Bertz CT molecular complexity index is 331. The highest BCUT2D eigenvalue weighted by molar-refractivity contribution is 5.68. The maximum absolute atomic E-state index is 10.3. The van der Waals surface area contributed by atoms with Gasteiger partial charge in [-0.15, -0.1) is 0 Å². The Morgan fingerprint density at radius 1 is 0.640 bits per heavy atom. The molecule has 0 bridgehead atoms. The molecule has 0 unspecified atom stereocenters. The van der Waals surface area contributed by atoms with Gasteiger partial charge in [0.15, 0.2) is 0 Å². The second-order valence-corrected chi connectivity index (χ2v) is 7.19. The molecule has 0 aliphatic rings. The molecule has 0 fully saturated rings. The van der Waals surface area contributed by atoms with Crippen LogP contribution in [0.15, 0.2) is 24.3 Å². The first-order chi connectivity index (χ1) is 12.3. The van der Waals surface area contributed by atoms with Crippen LogP contribution in [0.3, 0.4) is 0 Å². The smallest absolute Gasteiger partial charge is 0.307 e. The van der Waals surface area contributed by atoms with E-state index in [2.05, 4.69) is 13.0 Å². The lowest BCUT2D eigenvalue weighted by Gasteiger charge is -2.03. The van der Waals surface area contributed by atoms with Crippen LogP contribution in [0.1, 0.15) is 116 Å². The standard InChI is InChI=1S/C23H42O2/c1-2-3-4-5-6-7-8-9-10-11-12-13-14-15-16-17-18-19-20-21-22-23(24)25/h18-21H,2-17,22H2,1H3,(H,24,25). The summed E-state index contributed by atoms with van der Waals surface area (Å²) in [5, 5.41) is 8.49. The third-order valence-electron chi connectivity index (χ3n) is 4.65. The summed E-state index contributed by atoms with van der Waals surface area (Å²) in [6.07, 6.45) is 29.9. The van der Waals surface area contributed by atoms with Crippen LogP contribution in [0.2, 0.25) is 0 Å². The zero-order valence-corrected chi connectivity index (χ0v) is 16.7. The number of carboxylic acids is 1. The summed E-state index contributed by atoms with van der Waals surface area (Å²) < 4.78 is 0. The normalized spacial score (nSPS) is 11.7. The van der Waals surface area contributed by atoms with Crippen LogP contribution >= 0.6 is 0 Å². The lowest BCUT2D eigenvalue weighted by molar-refractivity contribution is -0.136. The quantitative estimate of drug-likeness (QED) is 0.190. The molecule has 0 aromatic rings. The van der Waals surface area contributed by atoms with Crippen LogP contribution in [0, 0.1) is 0 Å². The molecule has 0 aliphatic carbocycles. The van der Waals surface area contributed by atoms with Crippen molar-refractivity contribution in [1.29, 1.82) is 0 Å². The average Bonchev–Trinajstić information content (AvgIpc) is 2.60. The Morgan fingerprint density at radius 2 is 1.04 bits per heavy atom. The molecule has 0 saturated carbocycles. The molecule has 0 amide bonds. The van der Waals surface area contributed by atoms with E-state index in [1.807, 2.05) is 12.2 Å². The number of carbonyl (C=O) groups is 1. The number of hydrogen-bond acceptors (Lipinski definition) is 1. The Labute approximate surface area is 156 Å². The first kappa shape index (κ1) is 23.9. The van der Waals surface area contributed by atoms with Crippen molar-refractivity contribution >= 4 is 5.97 Å². The maximum atomic E-state index is 10.3. The highest BCUT2D eigenvalue weighted by atomic mass is 16.4. The van der Waals surface area contributed by atoms with Gasteiger partial charge in [0.2, 0.25) is 0 Å². The summed E-state index contributed by atoms with van der Waals surface area (Å²) in [6.45, 7) is 2.28. The number of carboxylic acid groups (broad SMARTS) is 1. The van der Waals surface area contributed by atoms with Crippen LogP contribution in [-0.4, -0.2) is 11.1 Å². The summed E-state index contributed by atoms with van der Waals surface area (Å²) in [5.41, 5.74) is 0. The molecule has 0 aromatic carbocycles. The molecule has 0 aromatic heterocycles. The maximum Gasteiger partial charge on any atom is 0.307 e. The highest BCUT2D eigenvalue weighted by Gasteiger charge is 1.94. The summed E-state index contributed by atoms with van der Waals surface area (Å²) >= 11 is 0. The monoisotopic (exact) mass is 350 g/mol. The molecule has 146 valence electrons. The fraction of sp³-hybridized carbons (Fsp3) is 0.783. The average molecular weight is 351 g/mol. The first-order valence-electron chi connectivity index (χ1n) is 10.8. The summed E-state index contributed by atoms with van der Waals surface area (Å²) in [5.74, 6) is -0.771. The molecule has 0 rings (SSSR count). The lowest BCUT2D eigenvalue weighted by atomic mass is 10.0. The number of unbranched alkanes of at least 4 members (excludes halogenated alkanes) is 15. The predicted molar refractivity (Wildman–Crippen MR) is 110 cm³/mol. The van der Waals surface area contributed by atoms with Gasteiger partial charge in [-0.25, -0.2) is 0 Å². The Kier molecular flexibility index (Phi) is 20.1. The largest absolute Gasteiger partial charge is 0.481 e. The molecular weight excluding hydrogens is 308 g/mol. The highest BCUT2D eigenvalue weighted by Crippen LogP contribution is 2.13. The Morgan fingerprint density at radius 3 is 1.48 bits per heavy atom. The summed E-state index contributed by atoms with van der Waals surface area (Å²) in [7, 11) is 0. The van der Waals surface area contributed by atoms with Crippen molar-refractivity contribution in [3.05, 3.63) is 24.3 Å². The van der Waals surface area contributed by atoms with Gasteiger partial charge in [-0.05, 0) is 12.8 Å². The van der Waals surface area contributed by atoms with E-state index in [0.29, 0.717) is 0 Å². The van der Waals surface area contributed by atoms with Crippen molar-refractivity contribution in [3.63, 3.8) is 0 Å². The minimum absolute atomic E-state index is 0.114. The van der Waals surface area contributed by atoms with Crippen LogP contribution in [0.5, 0.6) is 0 Å². The van der Waals surface area contributed by atoms with E-state index in [0.717, 1.165) is 6.42 Å². The number of hydrogen-bond donors (Lipinski definition) is 1. The number of rotatable bonds is 19. The van der Waals surface area contributed by atoms with E-state index in [4.69, 9.17) is 5.11 Å². The van der Waals surface area contributed by atoms with Crippen molar-refractivity contribution in [2.75, 3.05) is 0 Å². The molecule has 2 heteroatoms. The first-order valence-corrected chi connectivity index (χ1v) is 10.8. The van der Waals surface area contributed by atoms with Crippen LogP contribution in [0.4, 0.5) is 0 Å². The minimum atomic E-state index is -0.771. The molecule has 0 atom stereocenters. The molecular formula is C23H42O2. The van der Waals surface area contributed by atoms with Gasteiger partial charge in [-0.1, -0.05) is 121 Å². The zero-order chi connectivity index (χ0) is 18.4. The van der Waals surface area contributed by atoms with Crippen molar-refractivity contribution in [2.45, 2.75) is 116 Å². The van der Waals surface area contributed by atoms with E-state index in [1.54, 1.807) is 6.08 Å². The van der Waals surface area contributed by atoms with E-state index in [1.165, 1.54) is 96.3 Å². The van der Waals surface area contributed by atoms with E-state index >= 15 is 0 Å². The van der Waals surface area contributed by atoms with Crippen molar-refractivity contribution in [2.24, 2.45) is 0 Å². The van der Waals surface area contributed by atoms with Gasteiger partial charge < -0.3 is 5.11 Å². The fourth-order valence-electron chi connectivity index (χ4n) is 3.06. The summed E-state index contributed by atoms with van der Waals surface area (Å²) in [6, 6.07) is 0. The molecule has 0 aliphatic heterocycles. The molecule has 0 heterocycles. The van der Waals surface area contributed by atoms with Gasteiger partial charge in [-0.2, -0.15) is 0 Å². The van der Waals surface area contributed by atoms with E-state index in [9.17, 15) is 4.79 Å². The van der Waals surface area contributed by atoms with Crippen molar-refractivity contribution in [1.82, 2.24) is 0 Å². The second-order valence-electron chi connectivity index (χ2n) is 7.19. The number of allylic oxidation sites excluding steroid dienone is 3. The van der Waals surface area contributed by atoms with Crippen molar-refractivity contribution in [3.8, 4) is 0 Å². The third-order valence-corrected chi connectivity index (χ3v) is 4.65. The predicted octanol–water partition coefficient (Wildman–Crippen LogP) is 7.84. The molecule has 0 spiro atoms. The fourth-order valence-corrected chi connectivity index (χ4v) is 3.06. The van der Waals surface area contributed by atoms with Gasteiger partial charge in [0.05, 0.1) is 6.42 Å². The lowest BCUT2D eigenvalue weighted by Crippen LogP contribution is -1.89. The number of aliphatic carboxylic acids is 1. The summed E-state index contributed by atoms with van der Waals surface area (Å²) in [4.78, 5) is 10.3. The van der Waals surface area contributed by atoms with Crippen LogP contribution < -0.4 is 0 Å². The molecule has 0 saturated heterocycles. The Balaban J connectivity index is 3.10. The van der Waals surface area contributed by atoms with Gasteiger partial charge in [0.25, 0.3) is 0 Å². The van der Waals surface area contributed by atoms with Crippen LogP contribution in [-0.2, 0) is 4.79 Å². The van der Waals surface area contributed by atoms with Gasteiger partial charge in [0.1, 0.15) is 0 Å². The van der Waals surface area contributed by atoms with Gasteiger partial charge in [0, 0.05) is 0 Å². The van der Waals surface area contributed by atoms with Crippen molar-refractivity contribution < 1.29 is 9.90 Å². The van der Waals surface area contributed by atoms with E-state index in [-0.39, 0.29) is 6.42 Å². The van der Waals surface area contributed by atoms with Gasteiger partial charge >= 0.3 is 5.97 Å². The zero-order valence-electron chi connectivity index (χ0n) is 16.7. The van der Waals surface area contributed by atoms with Crippen LogP contribution in [0.25, 0.3) is 0 Å². The van der Waals surface area contributed by atoms with E-state index < -0.39 is 5.97 Å². The molecule has 25 heavy (non-hydrogen) atoms. The SMILES string of the molecule is CCCCCCCCCCCCCCCCCC=CC=CCC(=O)O. The molecule has 0 radical (unpaired) electrons. The molecule has 1 N–H and O–H groups in total. The third kappa shape index (κ3) is 22.9. The Hall–Kier alpha value is -1.05. The topological polar surface area (TPSA) is 37.3 Å². The minimum Gasteiger partial charge on any atom is -0.481 e. The second kappa shape index (κ2) is 21.0. The van der Waals surface area contributed by atoms with Gasteiger partial charge in [-0.3, -0.25) is 4.79 Å². The molecule has 2 nitrogen and oxygen atoms in total.